The molecule has 0 aromatic heterocycles. The number of rotatable bonds is 6. The number of hydrogen-bond donors (Lipinski definition) is 2. The van der Waals surface area contributed by atoms with Gasteiger partial charge in [-0.1, -0.05) is 39.7 Å². The lowest BCUT2D eigenvalue weighted by Gasteiger charge is -2.23. The fourth-order valence-electron chi connectivity index (χ4n) is 2.94. The van der Waals surface area contributed by atoms with Gasteiger partial charge in [0, 0.05) is 19.0 Å². The molecule has 1 aromatic carbocycles. The van der Waals surface area contributed by atoms with Gasteiger partial charge < -0.3 is 15.2 Å². The van der Waals surface area contributed by atoms with Crippen LogP contribution in [0.2, 0.25) is 0 Å². The highest BCUT2D eigenvalue weighted by Crippen LogP contribution is 2.25. The van der Waals surface area contributed by atoms with Crippen LogP contribution in [0.25, 0.3) is 0 Å². The summed E-state index contributed by atoms with van der Waals surface area (Å²) in [4.78, 5) is 11.4. The minimum atomic E-state index is -1.11. The maximum atomic E-state index is 11.4. The lowest BCUT2D eigenvalue weighted by Crippen LogP contribution is -2.38. The summed E-state index contributed by atoms with van der Waals surface area (Å²) in [5.74, 6) is 0.880. The van der Waals surface area contributed by atoms with E-state index in [0.29, 0.717) is 6.42 Å². The molecule has 1 aromatic rings. The van der Waals surface area contributed by atoms with E-state index in [4.69, 9.17) is 4.74 Å². The van der Waals surface area contributed by atoms with E-state index in [0.717, 1.165) is 31.7 Å². The Balaban J connectivity index is 0.000000240. The number of carbonyl (C=O) groups excluding carboxylic acids is 1. The average Bonchev–Trinajstić information content (AvgIpc) is 2.98. The monoisotopic (exact) mass is 335 g/mol. The van der Waals surface area contributed by atoms with Crippen LogP contribution in [0.4, 0.5) is 0 Å². The third-order valence-electron chi connectivity index (χ3n) is 4.42. The molecule has 0 bridgehead atoms. The number of Topliss-reactive ketones (excluding diaryl/α,β-unsaturated/α-hetero) is 1. The first-order valence-corrected chi connectivity index (χ1v) is 8.86. The van der Waals surface area contributed by atoms with E-state index in [2.05, 4.69) is 31.3 Å². The summed E-state index contributed by atoms with van der Waals surface area (Å²) in [5.41, 5.74) is 2.90. The molecule has 0 spiro atoms. The van der Waals surface area contributed by atoms with Gasteiger partial charge in [-0.15, -0.1) is 0 Å². The van der Waals surface area contributed by atoms with E-state index in [1.54, 1.807) is 14.0 Å². The van der Waals surface area contributed by atoms with Gasteiger partial charge in [0.25, 0.3) is 0 Å². The lowest BCUT2D eigenvalue weighted by atomic mass is 9.88. The molecule has 1 unspecified atom stereocenters. The molecule has 0 radical (unpaired) electrons. The summed E-state index contributed by atoms with van der Waals surface area (Å²) >= 11 is 0. The van der Waals surface area contributed by atoms with Crippen molar-refractivity contribution in [2.75, 3.05) is 7.11 Å². The maximum Gasteiger partial charge on any atom is 0.166 e. The average molecular weight is 335 g/mol. The fourth-order valence-corrected chi connectivity index (χ4v) is 2.94. The van der Waals surface area contributed by atoms with Gasteiger partial charge in [-0.3, -0.25) is 4.79 Å². The summed E-state index contributed by atoms with van der Waals surface area (Å²) in [5, 5.41) is 13.0. The first-order chi connectivity index (χ1) is 11.2. The van der Waals surface area contributed by atoms with Crippen LogP contribution in [0.1, 0.15) is 63.6 Å². The van der Waals surface area contributed by atoms with Gasteiger partial charge in [-0.2, -0.15) is 0 Å². The molecule has 24 heavy (non-hydrogen) atoms. The SMILES string of the molecule is CCCCC(C)(O)C(=O)C(C)C.COc1cc2c(cc1C)CNC2. The Morgan fingerprint density at radius 1 is 1.33 bits per heavy atom. The predicted octanol–water partition coefficient (Wildman–Crippen LogP) is 3.76. The first-order valence-electron chi connectivity index (χ1n) is 8.86. The summed E-state index contributed by atoms with van der Waals surface area (Å²) < 4.78 is 5.24. The molecule has 4 nitrogen and oxygen atoms in total. The molecule has 2 N–H and O–H groups in total. The number of ketones is 1. The lowest BCUT2D eigenvalue weighted by molar-refractivity contribution is -0.139. The number of nitrogens with one attached hydrogen (secondary N) is 1. The van der Waals surface area contributed by atoms with E-state index in [9.17, 15) is 9.90 Å². The third kappa shape index (κ3) is 5.60. The Morgan fingerprint density at radius 2 is 1.92 bits per heavy atom. The number of aryl methyl sites for hydroxylation is 1. The molecule has 4 heteroatoms. The molecule has 136 valence electrons. The zero-order valence-electron chi connectivity index (χ0n) is 16.0. The van der Waals surface area contributed by atoms with Crippen molar-refractivity contribution in [1.29, 1.82) is 0 Å². The highest BCUT2D eigenvalue weighted by atomic mass is 16.5. The molecule has 0 saturated heterocycles. The van der Waals surface area contributed by atoms with Gasteiger partial charge >= 0.3 is 0 Å². The first kappa shape index (κ1) is 20.7. The van der Waals surface area contributed by atoms with Crippen molar-refractivity contribution in [3.63, 3.8) is 0 Å². The molecule has 2 rings (SSSR count). The molecular formula is C20H33NO3. The van der Waals surface area contributed by atoms with Crippen LogP contribution in [0.15, 0.2) is 12.1 Å². The van der Waals surface area contributed by atoms with Crippen LogP contribution >= 0.6 is 0 Å². The van der Waals surface area contributed by atoms with E-state index in [1.807, 2.05) is 13.8 Å². The normalized spacial score (nSPS) is 15.3. The van der Waals surface area contributed by atoms with Crippen molar-refractivity contribution in [3.8, 4) is 5.75 Å². The van der Waals surface area contributed by atoms with Gasteiger partial charge in [0.2, 0.25) is 0 Å². The van der Waals surface area contributed by atoms with Crippen LogP contribution in [0, 0.1) is 12.8 Å². The molecule has 0 fully saturated rings. The fraction of sp³-hybridized carbons (Fsp3) is 0.650. The number of ether oxygens (including phenoxy) is 1. The Hall–Kier alpha value is -1.39. The predicted molar refractivity (Wildman–Crippen MR) is 98.3 cm³/mol. The van der Waals surface area contributed by atoms with Crippen LogP contribution in [0.3, 0.4) is 0 Å². The molecule has 1 heterocycles. The Kier molecular flexibility index (Phi) is 7.91. The largest absolute Gasteiger partial charge is 0.496 e. The summed E-state index contributed by atoms with van der Waals surface area (Å²) in [6.07, 6.45) is 2.51. The Morgan fingerprint density at radius 3 is 2.42 bits per heavy atom. The number of unbranched alkanes of at least 4 members (excludes halogenated alkanes) is 1. The topological polar surface area (TPSA) is 58.6 Å². The second kappa shape index (κ2) is 9.19. The number of fused-ring (bicyclic) bond motifs is 1. The zero-order valence-corrected chi connectivity index (χ0v) is 16.0. The molecule has 1 aliphatic heterocycles. The maximum absolute atomic E-state index is 11.4. The number of benzene rings is 1. The molecule has 1 aliphatic rings. The smallest absolute Gasteiger partial charge is 0.166 e. The van der Waals surface area contributed by atoms with Crippen molar-refractivity contribution in [2.45, 2.75) is 72.6 Å². The number of aliphatic hydroxyl groups is 1. The number of hydrogen-bond acceptors (Lipinski definition) is 4. The Labute approximate surface area is 146 Å². The second-order valence-electron chi connectivity index (χ2n) is 7.09. The molecule has 0 aliphatic carbocycles. The molecule has 1 atom stereocenters. The van der Waals surface area contributed by atoms with Crippen molar-refractivity contribution >= 4 is 5.78 Å². The van der Waals surface area contributed by atoms with Crippen molar-refractivity contribution in [3.05, 3.63) is 28.8 Å². The van der Waals surface area contributed by atoms with Gasteiger partial charge in [0.15, 0.2) is 5.78 Å². The summed E-state index contributed by atoms with van der Waals surface area (Å²) in [6.45, 7) is 11.4. The minimum Gasteiger partial charge on any atom is -0.496 e. The summed E-state index contributed by atoms with van der Waals surface area (Å²) in [7, 11) is 1.72. The second-order valence-corrected chi connectivity index (χ2v) is 7.09. The molecule has 0 amide bonds. The minimum absolute atomic E-state index is 0.0454. The third-order valence-corrected chi connectivity index (χ3v) is 4.42. The zero-order chi connectivity index (χ0) is 18.3. The van der Waals surface area contributed by atoms with E-state index in [1.165, 1.54) is 16.7 Å². The molecular weight excluding hydrogens is 302 g/mol. The summed E-state index contributed by atoms with van der Waals surface area (Å²) in [6, 6.07) is 4.33. The van der Waals surface area contributed by atoms with Crippen LogP contribution < -0.4 is 10.1 Å². The van der Waals surface area contributed by atoms with E-state index < -0.39 is 5.60 Å². The van der Waals surface area contributed by atoms with Crippen molar-refractivity contribution in [2.24, 2.45) is 5.92 Å². The highest BCUT2D eigenvalue weighted by Gasteiger charge is 2.30. The Bertz CT molecular complexity index is 549. The quantitative estimate of drug-likeness (QED) is 0.831. The van der Waals surface area contributed by atoms with Gasteiger partial charge in [0.1, 0.15) is 11.4 Å². The molecule has 0 saturated carbocycles. The van der Waals surface area contributed by atoms with E-state index in [-0.39, 0.29) is 11.7 Å². The van der Waals surface area contributed by atoms with Gasteiger partial charge in [-0.25, -0.2) is 0 Å². The van der Waals surface area contributed by atoms with Crippen molar-refractivity contribution in [1.82, 2.24) is 5.32 Å². The van der Waals surface area contributed by atoms with E-state index >= 15 is 0 Å². The van der Waals surface area contributed by atoms with Crippen LogP contribution in [-0.2, 0) is 17.9 Å². The van der Waals surface area contributed by atoms with Gasteiger partial charge in [-0.05, 0) is 43.0 Å². The van der Waals surface area contributed by atoms with Crippen LogP contribution in [0.5, 0.6) is 5.75 Å². The standard InChI is InChI=1S/C10H13NO.C10H20O2/c1-7-3-8-5-11-6-9(8)4-10(7)12-2;1-5-6-7-10(4,12)9(11)8(2)3/h3-4,11H,5-6H2,1-2H3;8,12H,5-7H2,1-4H3. The van der Waals surface area contributed by atoms with Crippen molar-refractivity contribution < 1.29 is 14.6 Å². The van der Waals surface area contributed by atoms with Crippen LogP contribution in [-0.4, -0.2) is 23.6 Å². The number of methoxy groups -OCH3 is 1. The van der Waals surface area contributed by atoms with Gasteiger partial charge in [0.05, 0.1) is 7.11 Å². The number of carbonyl (C=O) groups is 1. The highest BCUT2D eigenvalue weighted by molar-refractivity contribution is 5.88.